The molecule has 0 saturated carbocycles. The van der Waals surface area contributed by atoms with Crippen LogP contribution in [0.4, 0.5) is 4.39 Å². The first-order valence-electron chi connectivity index (χ1n) is 7.07. The van der Waals surface area contributed by atoms with Crippen molar-refractivity contribution >= 4 is 29.9 Å². The highest BCUT2D eigenvalue weighted by Crippen LogP contribution is 2.08. The van der Waals surface area contributed by atoms with Gasteiger partial charge in [0.1, 0.15) is 5.82 Å². The fourth-order valence-electron chi connectivity index (χ4n) is 2.30. The average Bonchev–Trinajstić information content (AvgIpc) is 2.94. The fourth-order valence-corrected chi connectivity index (χ4v) is 2.30. The third-order valence-electron chi connectivity index (χ3n) is 3.32. The molecule has 5 heteroatoms. The maximum Gasteiger partial charge on any atom is 0.193 e. The molecule has 1 fully saturated rings. The molecule has 20 heavy (non-hydrogen) atoms. The van der Waals surface area contributed by atoms with Gasteiger partial charge in [0.25, 0.3) is 0 Å². The number of nitrogens with zero attached hydrogens (tertiary/aromatic N) is 2. The first-order chi connectivity index (χ1) is 9.29. The van der Waals surface area contributed by atoms with Crippen molar-refractivity contribution in [3.8, 4) is 0 Å². The van der Waals surface area contributed by atoms with Gasteiger partial charge in [-0.3, -0.25) is 4.99 Å². The van der Waals surface area contributed by atoms with Crippen LogP contribution >= 0.6 is 24.0 Å². The second-order valence-corrected chi connectivity index (χ2v) is 4.81. The van der Waals surface area contributed by atoms with Crippen LogP contribution in [-0.2, 0) is 6.42 Å². The Labute approximate surface area is 137 Å². The largest absolute Gasteiger partial charge is 0.357 e. The lowest BCUT2D eigenvalue weighted by molar-refractivity contribution is 0.494. The summed E-state index contributed by atoms with van der Waals surface area (Å²) in [5.41, 5.74) is 1.13. The van der Waals surface area contributed by atoms with E-state index in [9.17, 15) is 4.39 Å². The summed E-state index contributed by atoms with van der Waals surface area (Å²) in [5, 5.41) is 3.34. The Morgan fingerprint density at radius 2 is 1.90 bits per heavy atom. The lowest BCUT2D eigenvalue weighted by atomic mass is 10.1. The van der Waals surface area contributed by atoms with E-state index in [-0.39, 0.29) is 29.8 Å². The molecule has 1 aromatic rings. The Morgan fingerprint density at radius 1 is 1.25 bits per heavy atom. The van der Waals surface area contributed by atoms with Crippen molar-refractivity contribution in [1.82, 2.24) is 10.2 Å². The van der Waals surface area contributed by atoms with Crippen molar-refractivity contribution in [1.29, 1.82) is 0 Å². The van der Waals surface area contributed by atoms with E-state index in [0.717, 1.165) is 44.1 Å². The number of rotatable bonds is 4. The number of hydrogen-bond acceptors (Lipinski definition) is 1. The van der Waals surface area contributed by atoms with Crippen LogP contribution in [0.1, 0.15) is 25.3 Å². The fraction of sp³-hybridized carbons (Fsp3) is 0.533. The van der Waals surface area contributed by atoms with Crippen LogP contribution in [0.25, 0.3) is 0 Å². The van der Waals surface area contributed by atoms with E-state index in [4.69, 9.17) is 0 Å². The first kappa shape index (κ1) is 17.2. The van der Waals surface area contributed by atoms with Gasteiger partial charge in [-0.2, -0.15) is 0 Å². The Balaban J connectivity index is 0.00000200. The maximum atomic E-state index is 12.8. The second kappa shape index (κ2) is 9.15. The lowest BCUT2D eigenvalue weighted by Crippen LogP contribution is -2.39. The molecule has 0 atom stereocenters. The van der Waals surface area contributed by atoms with Crippen molar-refractivity contribution < 1.29 is 4.39 Å². The van der Waals surface area contributed by atoms with Crippen LogP contribution < -0.4 is 5.32 Å². The van der Waals surface area contributed by atoms with E-state index in [1.165, 1.54) is 25.0 Å². The summed E-state index contributed by atoms with van der Waals surface area (Å²) >= 11 is 0. The third kappa shape index (κ3) is 5.26. The molecule has 0 bridgehead atoms. The molecule has 0 unspecified atom stereocenters. The Kier molecular flexibility index (Phi) is 7.87. The minimum atomic E-state index is -0.183. The van der Waals surface area contributed by atoms with Gasteiger partial charge in [-0.25, -0.2) is 4.39 Å². The summed E-state index contributed by atoms with van der Waals surface area (Å²) in [7, 11) is 0. The van der Waals surface area contributed by atoms with Gasteiger partial charge in [0.05, 0.1) is 0 Å². The zero-order chi connectivity index (χ0) is 13.5. The molecule has 0 amide bonds. The molecular formula is C15H23FIN3. The van der Waals surface area contributed by atoms with Crippen LogP contribution in [0, 0.1) is 5.82 Å². The predicted molar refractivity (Wildman–Crippen MR) is 92.3 cm³/mol. The number of likely N-dealkylation sites (tertiary alicyclic amines) is 1. The molecule has 2 rings (SSSR count). The second-order valence-electron chi connectivity index (χ2n) is 4.81. The van der Waals surface area contributed by atoms with E-state index in [1.807, 2.05) is 12.1 Å². The molecule has 1 aliphatic heterocycles. The SMILES string of the molecule is CCNC(=NCCc1ccc(F)cc1)N1CCCC1.I. The van der Waals surface area contributed by atoms with Gasteiger partial charge in [0, 0.05) is 26.2 Å². The maximum absolute atomic E-state index is 12.8. The molecule has 0 aromatic heterocycles. The van der Waals surface area contributed by atoms with Gasteiger partial charge in [0.15, 0.2) is 5.96 Å². The lowest BCUT2D eigenvalue weighted by Gasteiger charge is -2.20. The zero-order valence-corrected chi connectivity index (χ0v) is 14.3. The number of aliphatic imine (C=N–C) groups is 1. The van der Waals surface area contributed by atoms with Crippen molar-refractivity contribution in [3.63, 3.8) is 0 Å². The molecule has 0 aliphatic carbocycles. The molecule has 1 heterocycles. The van der Waals surface area contributed by atoms with Crippen LogP contribution in [-0.4, -0.2) is 37.0 Å². The zero-order valence-electron chi connectivity index (χ0n) is 11.9. The van der Waals surface area contributed by atoms with Crippen molar-refractivity contribution in [2.45, 2.75) is 26.2 Å². The highest BCUT2D eigenvalue weighted by molar-refractivity contribution is 14.0. The van der Waals surface area contributed by atoms with Gasteiger partial charge in [0.2, 0.25) is 0 Å². The number of benzene rings is 1. The summed E-state index contributed by atoms with van der Waals surface area (Å²) in [6.45, 7) is 5.92. The van der Waals surface area contributed by atoms with Gasteiger partial charge in [-0.15, -0.1) is 24.0 Å². The van der Waals surface area contributed by atoms with Crippen molar-refractivity contribution in [3.05, 3.63) is 35.6 Å². The Morgan fingerprint density at radius 3 is 2.50 bits per heavy atom. The highest BCUT2D eigenvalue weighted by atomic mass is 127. The molecule has 1 saturated heterocycles. The monoisotopic (exact) mass is 391 g/mol. The van der Waals surface area contributed by atoms with E-state index >= 15 is 0 Å². The van der Waals surface area contributed by atoms with E-state index in [0.29, 0.717) is 0 Å². The number of hydrogen-bond donors (Lipinski definition) is 1. The normalized spacial score (nSPS) is 15.1. The number of guanidine groups is 1. The quantitative estimate of drug-likeness (QED) is 0.486. The highest BCUT2D eigenvalue weighted by Gasteiger charge is 2.14. The Bertz CT molecular complexity index is 414. The molecule has 3 nitrogen and oxygen atoms in total. The molecule has 1 aromatic carbocycles. The van der Waals surface area contributed by atoms with Crippen LogP contribution in [0.2, 0.25) is 0 Å². The molecule has 1 N–H and O–H groups in total. The third-order valence-corrected chi connectivity index (χ3v) is 3.32. The summed E-state index contributed by atoms with van der Waals surface area (Å²) in [6, 6.07) is 6.66. The summed E-state index contributed by atoms with van der Waals surface area (Å²) in [5.74, 6) is 0.833. The molecule has 0 radical (unpaired) electrons. The first-order valence-corrected chi connectivity index (χ1v) is 7.07. The summed E-state index contributed by atoms with van der Waals surface area (Å²) in [6.07, 6.45) is 3.35. The number of nitrogens with one attached hydrogen (secondary N) is 1. The van der Waals surface area contributed by atoms with Crippen LogP contribution in [0.3, 0.4) is 0 Å². The summed E-state index contributed by atoms with van der Waals surface area (Å²) in [4.78, 5) is 6.96. The standard InChI is InChI=1S/C15H22FN3.HI/c1-2-17-15(19-11-3-4-12-19)18-10-9-13-5-7-14(16)8-6-13;/h5-8H,2-4,9-12H2,1H3,(H,17,18);1H. The predicted octanol–water partition coefficient (Wildman–Crippen LogP) is 3.05. The van der Waals surface area contributed by atoms with E-state index in [1.54, 1.807) is 0 Å². The van der Waals surface area contributed by atoms with Crippen molar-refractivity contribution in [2.75, 3.05) is 26.2 Å². The minimum Gasteiger partial charge on any atom is -0.357 e. The van der Waals surface area contributed by atoms with Gasteiger partial charge < -0.3 is 10.2 Å². The number of halogens is 2. The molecule has 1 aliphatic rings. The van der Waals surface area contributed by atoms with Gasteiger partial charge in [-0.1, -0.05) is 12.1 Å². The van der Waals surface area contributed by atoms with Gasteiger partial charge >= 0.3 is 0 Å². The molecule has 0 spiro atoms. The molecular weight excluding hydrogens is 368 g/mol. The summed E-state index contributed by atoms with van der Waals surface area (Å²) < 4.78 is 12.8. The van der Waals surface area contributed by atoms with Crippen molar-refractivity contribution in [2.24, 2.45) is 4.99 Å². The average molecular weight is 391 g/mol. The smallest absolute Gasteiger partial charge is 0.193 e. The molecule has 112 valence electrons. The Hall–Kier alpha value is -0.850. The minimum absolute atomic E-state index is 0. The van der Waals surface area contributed by atoms with E-state index < -0.39 is 0 Å². The van der Waals surface area contributed by atoms with Crippen LogP contribution in [0.5, 0.6) is 0 Å². The van der Waals surface area contributed by atoms with Gasteiger partial charge in [-0.05, 0) is 43.9 Å². The van der Waals surface area contributed by atoms with Crippen LogP contribution in [0.15, 0.2) is 29.3 Å². The topological polar surface area (TPSA) is 27.6 Å². The van der Waals surface area contributed by atoms with E-state index in [2.05, 4.69) is 22.1 Å².